The minimum atomic E-state index is -0.553. The Morgan fingerprint density at radius 3 is 2.65 bits per heavy atom. The van der Waals surface area contributed by atoms with Gasteiger partial charge in [0, 0.05) is 29.7 Å². The van der Waals surface area contributed by atoms with Gasteiger partial charge in [-0.2, -0.15) is 0 Å². The van der Waals surface area contributed by atoms with E-state index >= 15 is 0 Å². The number of rotatable bonds is 7. The van der Waals surface area contributed by atoms with Crippen molar-refractivity contribution in [2.75, 3.05) is 25.5 Å². The highest BCUT2D eigenvalue weighted by atomic mass is 79.9. The number of hydrogen-bond acceptors (Lipinski definition) is 4. The predicted molar refractivity (Wildman–Crippen MR) is 117 cm³/mol. The van der Waals surface area contributed by atoms with Crippen LogP contribution in [0.15, 0.2) is 46.9 Å². The highest BCUT2D eigenvalue weighted by Crippen LogP contribution is 2.22. The van der Waals surface area contributed by atoms with Gasteiger partial charge in [0.15, 0.2) is 0 Å². The number of nitrogens with one attached hydrogen (secondary N) is 2. The molecule has 2 aromatic rings. The first-order chi connectivity index (χ1) is 14.9. The zero-order chi connectivity index (χ0) is 22.4. The molecular weight excluding hydrogens is 469 g/mol. The summed E-state index contributed by atoms with van der Waals surface area (Å²) >= 11 is 3.21. The molecule has 1 unspecified atom stereocenters. The maximum atomic E-state index is 13.4. The molecule has 1 atom stereocenters. The summed E-state index contributed by atoms with van der Waals surface area (Å²) in [6.45, 7) is 0.576. The molecule has 0 bridgehead atoms. The zero-order valence-corrected chi connectivity index (χ0v) is 18.6. The Bertz CT molecular complexity index is 968. The normalized spacial score (nSPS) is 15.5. The number of amides is 3. The number of halogens is 2. The zero-order valence-electron chi connectivity index (χ0n) is 17.0. The Labute approximate surface area is 188 Å². The lowest BCUT2D eigenvalue weighted by Crippen LogP contribution is -2.44. The standard InChI is InChI=1S/C22H23BrFN3O4/c1-31-16-7-5-15(6-8-16)26-22(30)19-3-2-12-27(19)20(28)10-11-25-21(29)17-13-14(24)4-9-18(17)23/h4-9,13,19H,2-3,10-12H2,1H3,(H,25,29)(H,26,30). The molecule has 9 heteroatoms. The lowest BCUT2D eigenvalue weighted by molar-refractivity contribution is -0.136. The summed E-state index contributed by atoms with van der Waals surface area (Å²) in [6, 6.07) is 10.2. The van der Waals surface area contributed by atoms with Gasteiger partial charge in [0.25, 0.3) is 5.91 Å². The van der Waals surface area contributed by atoms with Gasteiger partial charge >= 0.3 is 0 Å². The third kappa shape index (κ3) is 5.81. The fourth-order valence-corrected chi connectivity index (χ4v) is 3.86. The van der Waals surface area contributed by atoms with Crippen LogP contribution in [0, 0.1) is 5.82 Å². The van der Waals surface area contributed by atoms with Gasteiger partial charge in [0.1, 0.15) is 17.6 Å². The molecule has 1 fully saturated rings. The van der Waals surface area contributed by atoms with Crippen LogP contribution in [0.1, 0.15) is 29.6 Å². The van der Waals surface area contributed by atoms with Gasteiger partial charge in [-0.3, -0.25) is 14.4 Å². The van der Waals surface area contributed by atoms with Gasteiger partial charge in [-0.1, -0.05) is 0 Å². The number of hydrogen-bond donors (Lipinski definition) is 2. The van der Waals surface area contributed by atoms with Crippen LogP contribution in [-0.4, -0.2) is 48.9 Å². The molecule has 1 saturated heterocycles. The Balaban J connectivity index is 1.52. The number of likely N-dealkylation sites (tertiary alicyclic amines) is 1. The maximum Gasteiger partial charge on any atom is 0.252 e. The van der Waals surface area contributed by atoms with Gasteiger partial charge in [0.05, 0.1) is 12.7 Å². The van der Waals surface area contributed by atoms with E-state index < -0.39 is 17.8 Å². The third-order valence-electron chi connectivity index (χ3n) is 5.03. The monoisotopic (exact) mass is 491 g/mol. The molecule has 0 aromatic heterocycles. The first-order valence-electron chi connectivity index (χ1n) is 9.86. The highest BCUT2D eigenvalue weighted by Gasteiger charge is 2.33. The van der Waals surface area contributed by atoms with Crippen LogP contribution in [-0.2, 0) is 9.59 Å². The molecule has 2 aromatic carbocycles. The average molecular weight is 492 g/mol. The summed E-state index contributed by atoms with van der Waals surface area (Å²) in [4.78, 5) is 39.1. The quantitative estimate of drug-likeness (QED) is 0.621. The van der Waals surface area contributed by atoms with Gasteiger partial charge in [-0.05, 0) is 71.2 Å². The van der Waals surface area contributed by atoms with Crippen molar-refractivity contribution >= 4 is 39.3 Å². The number of benzene rings is 2. The molecule has 0 radical (unpaired) electrons. The molecule has 1 aliphatic rings. The van der Waals surface area contributed by atoms with Crippen LogP contribution in [0.25, 0.3) is 0 Å². The molecule has 0 saturated carbocycles. The van der Waals surface area contributed by atoms with Gasteiger partial charge in [0.2, 0.25) is 11.8 Å². The smallest absolute Gasteiger partial charge is 0.252 e. The molecular formula is C22H23BrFN3O4. The largest absolute Gasteiger partial charge is 0.497 e. The summed E-state index contributed by atoms with van der Waals surface area (Å²) in [5.41, 5.74) is 0.781. The third-order valence-corrected chi connectivity index (χ3v) is 5.72. The molecule has 3 amide bonds. The first kappa shape index (κ1) is 22.7. The molecule has 164 valence electrons. The van der Waals surface area contributed by atoms with E-state index in [1.165, 1.54) is 12.1 Å². The average Bonchev–Trinajstić information content (AvgIpc) is 3.26. The van der Waals surface area contributed by atoms with Crippen molar-refractivity contribution in [3.63, 3.8) is 0 Å². The molecule has 7 nitrogen and oxygen atoms in total. The number of ether oxygens (including phenoxy) is 1. The van der Waals surface area contributed by atoms with Crippen LogP contribution >= 0.6 is 15.9 Å². The Morgan fingerprint density at radius 1 is 1.19 bits per heavy atom. The van der Waals surface area contributed by atoms with Crippen LogP contribution < -0.4 is 15.4 Å². The van der Waals surface area contributed by atoms with Gasteiger partial charge < -0.3 is 20.3 Å². The van der Waals surface area contributed by atoms with E-state index in [9.17, 15) is 18.8 Å². The van der Waals surface area contributed by atoms with Crippen molar-refractivity contribution < 1.29 is 23.5 Å². The van der Waals surface area contributed by atoms with Crippen LogP contribution in [0.3, 0.4) is 0 Å². The number of nitrogens with zero attached hydrogens (tertiary/aromatic N) is 1. The summed E-state index contributed by atoms with van der Waals surface area (Å²) < 4.78 is 18.9. The maximum absolute atomic E-state index is 13.4. The summed E-state index contributed by atoms with van der Waals surface area (Å²) in [5, 5.41) is 5.45. The SMILES string of the molecule is COc1ccc(NC(=O)C2CCCN2C(=O)CCNC(=O)c2cc(F)ccc2Br)cc1. The fraction of sp³-hybridized carbons (Fsp3) is 0.318. The van der Waals surface area contributed by atoms with Crippen molar-refractivity contribution in [3.05, 3.63) is 58.3 Å². The van der Waals surface area contributed by atoms with Crippen molar-refractivity contribution in [2.45, 2.75) is 25.3 Å². The second kappa shape index (κ2) is 10.4. The van der Waals surface area contributed by atoms with Crippen molar-refractivity contribution in [2.24, 2.45) is 0 Å². The van der Waals surface area contributed by atoms with Crippen LogP contribution in [0.5, 0.6) is 5.75 Å². The number of carbonyl (C=O) groups excluding carboxylic acids is 3. The summed E-state index contributed by atoms with van der Waals surface area (Å²) in [5.74, 6) is -0.778. The fourth-order valence-electron chi connectivity index (χ4n) is 3.43. The Kier molecular flexibility index (Phi) is 7.62. The van der Waals surface area contributed by atoms with E-state index in [1.54, 1.807) is 36.3 Å². The van der Waals surface area contributed by atoms with Gasteiger partial charge in [-0.15, -0.1) is 0 Å². The minimum absolute atomic E-state index is 0.0466. The Morgan fingerprint density at radius 2 is 1.94 bits per heavy atom. The first-order valence-corrected chi connectivity index (χ1v) is 10.7. The number of methoxy groups -OCH3 is 1. The number of carbonyl (C=O) groups is 3. The van der Waals surface area contributed by atoms with E-state index in [0.717, 1.165) is 12.5 Å². The summed E-state index contributed by atoms with van der Waals surface area (Å²) in [6.07, 6.45) is 1.36. The summed E-state index contributed by atoms with van der Waals surface area (Å²) in [7, 11) is 1.56. The van der Waals surface area contributed by atoms with E-state index in [2.05, 4.69) is 26.6 Å². The van der Waals surface area contributed by atoms with E-state index in [-0.39, 0.29) is 30.3 Å². The van der Waals surface area contributed by atoms with E-state index in [1.807, 2.05) is 0 Å². The highest BCUT2D eigenvalue weighted by molar-refractivity contribution is 9.10. The molecule has 3 rings (SSSR count). The van der Waals surface area contributed by atoms with E-state index in [0.29, 0.717) is 28.9 Å². The second-order valence-electron chi connectivity index (χ2n) is 7.09. The lowest BCUT2D eigenvalue weighted by Gasteiger charge is -2.24. The second-order valence-corrected chi connectivity index (χ2v) is 7.95. The molecule has 0 spiro atoms. The van der Waals surface area contributed by atoms with E-state index in [4.69, 9.17) is 4.74 Å². The van der Waals surface area contributed by atoms with Gasteiger partial charge in [-0.25, -0.2) is 4.39 Å². The van der Waals surface area contributed by atoms with Crippen molar-refractivity contribution in [1.82, 2.24) is 10.2 Å². The predicted octanol–water partition coefficient (Wildman–Crippen LogP) is 3.35. The van der Waals surface area contributed by atoms with Crippen molar-refractivity contribution in [1.29, 1.82) is 0 Å². The van der Waals surface area contributed by atoms with Crippen LogP contribution in [0.4, 0.5) is 10.1 Å². The van der Waals surface area contributed by atoms with Crippen LogP contribution in [0.2, 0.25) is 0 Å². The Hall–Kier alpha value is -2.94. The lowest BCUT2D eigenvalue weighted by atomic mass is 10.2. The molecule has 31 heavy (non-hydrogen) atoms. The molecule has 0 aliphatic carbocycles. The number of anilines is 1. The van der Waals surface area contributed by atoms with Crippen molar-refractivity contribution in [3.8, 4) is 5.75 Å². The molecule has 1 aliphatic heterocycles. The minimum Gasteiger partial charge on any atom is -0.497 e. The molecule has 1 heterocycles. The topological polar surface area (TPSA) is 87.7 Å². The molecule has 2 N–H and O–H groups in total.